The zero-order valence-corrected chi connectivity index (χ0v) is 11.3. The van der Waals surface area contributed by atoms with E-state index in [1.165, 1.54) is 38.5 Å². The average molecular weight is 255 g/mol. The highest BCUT2D eigenvalue weighted by Crippen LogP contribution is 2.57. The predicted molar refractivity (Wildman–Crippen MR) is 76.6 cm³/mol. The molecule has 0 amide bonds. The first-order valence-electron chi connectivity index (χ1n) is 7.56. The highest BCUT2D eigenvalue weighted by Gasteiger charge is 2.50. The van der Waals surface area contributed by atoms with Crippen LogP contribution in [0.15, 0.2) is 29.3 Å². The van der Waals surface area contributed by atoms with Gasteiger partial charge in [0.2, 0.25) is 0 Å². The van der Waals surface area contributed by atoms with Gasteiger partial charge >= 0.3 is 0 Å². The zero-order chi connectivity index (χ0) is 12.9. The standard InChI is InChI=1S/C17H21NO/c19-16-4-2-1-3-15(16)11-18-17-8-12-5-13(9-17)7-14(6-12)10-17/h1-4,11-14,19H,5-10H2. The lowest BCUT2D eigenvalue weighted by Gasteiger charge is -2.54. The van der Waals surface area contributed by atoms with Crippen molar-refractivity contribution < 1.29 is 5.11 Å². The molecule has 0 spiro atoms. The van der Waals surface area contributed by atoms with Crippen LogP contribution >= 0.6 is 0 Å². The van der Waals surface area contributed by atoms with Crippen LogP contribution in [0.1, 0.15) is 44.1 Å². The van der Waals surface area contributed by atoms with Crippen molar-refractivity contribution in [3.63, 3.8) is 0 Å². The van der Waals surface area contributed by atoms with E-state index in [2.05, 4.69) is 0 Å². The van der Waals surface area contributed by atoms with Gasteiger partial charge in [0.05, 0.1) is 5.54 Å². The fourth-order valence-corrected chi connectivity index (χ4v) is 5.03. The number of aliphatic imine (C=N–C) groups is 1. The summed E-state index contributed by atoms with van der Waals surface area (Å²) in [6.45, 7) is 0. The van der Waals surface area contributed by atoms with E-state index in [4.69, 9.17) is 4.99 Å². The Labute approximate surface area is 114 Å². The normalized spacial score (nSPS) is 40.1. The third-order valence-electron chi connectivity index (χ3n) is 5.42. The van der Waals surface area contributed by atoms with E-state index in [-0.39, 0.29) is 5.54 Å². The molecule has 0 heterocycles. The van der Waals surface area contributed by atoms with E-state index in [0.717, 1.165) is 23.3 Å². The monoisotopic (exact) mass is 255 g/mol. The van der Waals surface area contributed by atoms with Crippen molar-refractivity contribution in [2.24, 2.45) is 22.7 Å². The van der Waals surface area contributed by atoms with Crippen molar-refractivity contribution in [2.75, 3.05) is 0 Å². The molecule has 4 aliphatic rings. The van der Waals surface area contributed by atoms with E-state index in [0.29, 0.717) is 5.75 Å². The molecule has 0 aliphatic heterocycles. The number of hydrogen-bond donors (Lipinski definition) is 1. The van der Waals surface area contributed by atoms with E-state index in [1.807, 2.05) is 24.4 Å². The van der Waals surface area contributed by atoms with Gasteiger partial charge in [0, 0.05) is 11.8 Å². The molecule has 5 rings (SSSR count). The van der Waals surface area contributed by atoms with Crippen LogP contribution in [-0.2, 0) is 0 Å². The molecule has 4 bridgehead atoms. The maximum absolute atomic E-state index is 9.83. The SMILES string of the molecule is Oc1ccccc1C=NC12CC3CC(CC(C3)C1)C2. The van der Waals surface area contributed by atoms with Crippen LogP contribution in [-0.4, -0.2) is 16.9 Å². The predicted octanol–water partition coefficient (Wildman–Crippen LogP) is 3.78. The number of phenols is 1. The van der Waals surface area contributed by atoms with Crippen LogP contribution in [0, 0.1) is 17.8 Å². The van der Waals surface area contributed by atoms with Gasteiger partial charge in [-0.05, 0) is 68.4 Å². The average Bonchev–Trinajstić information content (AvgIpc) is 2.36. The van der Waals surface area contributed by atoms with Gasteiger partial charge in [-0.15, -0.1) is 0 Å². The molecule has 0 unspecified atom stereocenters. The van der Waals surface area contributed by atoms with Crippen LogP contribution in [0.4, 0.5) is 0 Å². The van der Waals surface area contributed by atoms with Gasteiger partial charge in [-0.1, -0.05) is 12.1 Å². The smallest absolute Gasteiger partial charge is 0.124 e. The molecule has 0 atom stereocenters. The lowest BCUT2D eigenvalue weighted by molar-refractivity contribution is 0.00195. The second kappa shape index (κ2) is 4.09. The second-order valence-corrected chi connectivity index (χ2v) is 6.96. The Morgan fingerprint density at radius 2 is 1.58 bits per heavy atom. The number of para-hydroxylation sites is 1. The van der Waals surface area contributed by atoms with Crippen molar-refractivity contribution in [1.82, 2.24) is 0 Å². The third-order valence-corrected chi connectivity index (χ3v) is 5.42. The number of hydrogen-bond acceptors (Lipinski definition) is 2. The molecule has 1 aromatic carbocycles. The quantitative estimate of drug-likeness (QED) is 0.801. The van der Waals surface area contributed by atoms with Gasteiger partial charge in [0.15, 0.2) is 0 Å². The van der Waals surface area contributed by atoms with Crippen LogP contribution in [0.2, 0.25) is 0 Å². The first-order valence-corrected chi connectivity index (χ1v) is 7.56. The number of aromatic hydroxyl groups is 1. The summed E-state index contributed by atoms with van der Waals surface area (Å²) in [7, 11) is 0. The topological polar surface area (TPSA) is 32.6 Å². The Kier molecular flexibility index (Phi) is 2.48. The van der Waals surface area contributed by atoms with Crippen molar-refractivity contribution in [2.45, 2.75) is 44.1 Å². The molecule has 0 saturated heterocycles. The van der Waals surface area contributed by atoms with Crippen molar-refractivity contribution in [3.8, 4) is 5.75 Å². The lowest BCUT2D eigenvalue weighted by Crippen LogP contribution is -2.49. The van der Waals surface area contributed by atoms with Crippen LogP contribution in [0.5, 0.6) is 5.75 Å². The summed E-state index contributed by atoms with van der Waals surface area (Å²) in [6.07, 6.45) is 10.1. The third kappa shape index (κ3) is 1.98. The molecule has 1 N–H and O–H groups in total. The molecule has 19 heavy (non-hydrogen) atoms. The first kappa shape index (κ1) is 11.5. The van der Waals surface area contributed by atoms with Crippen molar-refractivity contribution in [1.29, 1.82) is 0 Å². The van der Waals surface area contributed by atoms with E-state index >= 15 is 0 Å². The highest BCUT2D eigenvalue weighted by molar-refractivity contribution is 5.83. The van der Waals surface area contributed by atoms with Gasteiger partial charge in [-0.25, -0.2) is 0 Å². The lowest BCUT2D eigenvalue weighted by atomic mass is 9.53. The van der Waals surface area contributed by atoms with E-state index < -0.39 is 0 Å². The van der Waals surface area contributed by atoms with E-state index in [9.17, 15) is 5.11 Å². The maximum Gasteiger partial charge on any atom is 0.124 e. The molecule has 100 valence electrons. The summed E-state index contributed by atoms with van der Waals surface area (Å²) in [5.41, 5.74) is 1.06. The summed E-state index contributed by atoms with van der Waals surface area (Å²) in [5, 5.41) is 9.83. The van der Waals surface area contributed by atoms with Gasteiger partial charge in [-0.2, -0.15) is 0 Å². The van der Waals surface area contributed by atoms with Gasteiger partial charge in [-0.3, -0.25) is 4.99 Å². The van der Waals surface area contributed by atoms with Crippen LogP contribution in [0.25, 0.3) is 0 Å². The minimum absolute atomic E-state index is 0.205. The fourth-order valence-electron chi connectivity index (χ4n) is 5.03. The summed E-state index contributed by atoms with van der Waals surface area (Å²) >= 11 is 0. The maximum atomic E-state index is 9.83. The van der Waals surface area contributed by atoms with Gasteiger partial charge in [0.1, 0.15) is 5.75 Å². The minimum Gasteiger partial charge on any atom is -0.507 e. The number of phenolic OH excluding ortho intramolecular Hbond substituents is 1. The van der Waals surface area contributed by atoms with E-state index in [1.54, 1.807) is 6.07 Å². The highest BCUT2D eigenvalue weighted by atomic mass is 16.3. The summed E-state index contributed by atoms with van der Waals surface area (Å²) in [4.78, 5) is 4.96. The Morgan fingerprint density at radius 3 is 2.16 bits per heavy atom. The summed E-state index contributed by atoms with van der Waals surface area (Å²) < 4.78 is 0. The Morgan fingerprint density at radius 1 is 1.00 bits per heavy atom. The summed E-state index contributed by atoms with van der Waals surface area (Å²) in [5.74, 6) is 3.12. The second-order valence-electron chi connectivity index (χ2n) is 6.96. The zero-order valence-electron chi connectivity index (χ0n) is 11.3. The van der Waals surface area contributed by atoms with Gasteiger partial charge in [0.25, 0.3) is 0 Å². The fraction of sp³-hybridized carbons (Fsp3) is 0.588. The van der Waals surface area contributed by atoms with Crippen LogP contribution in [0.3, 0.4) is 0 Å². The molecule has 4 fully saturated rings. The molecule has 2 nitrogen and oxygen atoms in total. The Bertz CT molecular complexity index is 484. The number of rotatable bonds is 2. The molecule has 4 aliphatic carbocycles. The molecular formula is C17H21NO. The Hall–Kier alpha value is -1.31. The molecular weight excluding hydrogens is 234 g/mol. The Balaban J connectivity index is 1.61. The van der Waals surface area contributed by atoms with Crippen molar-refractivity contribution in [3.05, 3.63) is 29.8 Å². The minimum atomic E-state index is 0.205. The van der Waals surface area contributed by atoms with Gasteiger partial charge < -0.3 is 5.11 Å². The molecule has 1 aromatic rings. The number of nitrogens with zero attached hydrogens (tertiary/aromatic N) is 1. The first-order chi connectivity index (χ1) is 9.22. The number of benzene rings is 1. The molecule has 2 heteroatoms. The summed E-state index contributed by atoms with van der Waals surface area (Å²) in [6, 6.07) is 7.50. The molecule has 0 aromatic heterocycles. The largest absolute Gasteiger partial charge is 0.507 e. The molecule has 4 saturated carbocycles. The van der Waals surface area contributed by atoms with Crippen molar-refractivity contribution >= 4 is 6.21 Å². The van der Waals surface area contributed by atoms with Crippen LogP contribution < -0.4 is 0 Å². The molecule has 0 radical (unpaired) electrons.